The van der Waals surface area contributed by atoms with E-state index >= 15 is 0 Å². The Hall–Kier alpha value is -3.74. The molecule has 0 saturated heterocycles. The molecule has 0 heteroatoms. The fourth-order valence-corrected chi connectivity index (χ4v) is 3.81. The largest absolute Gasteiger partial charge is 0.0854 e. The summed E-state index contributed by atoms with van der Waals surface area (Å²) in [6.45, 7) is 0. The molecule has 0 N–H and O–H groups in total. The van der Waals surface area contributed by atoms with Gasteiger partial charge in [-0.25, -0.2) is 0 Å². The Labute approximate surface area is 166 Å². The molecule has 0 amide bonds. The highest BCUT2D eigenvalue weighted by atomic mass is 14.3. The third-order valence-electron chi connectivity index (χ3n) is 5.16. The van der Waals surface area contributed by atoms with Gasteiger partial charge in [0.15, 0.2) is 0 Å². The zero-order valence-electron chi connectivity index (χ0n) is 15.4. The van der Waals surface area contributed by atoms with Crippen LogP contribution in [-0.4, -0.2) is 0 Å². The molecule has 2 aromatic carbocycles. The van der Waals surface area contributed by atoms with Gasteiger partial charge in [0.2, 0.25) is 0 Å². The lowest BCUT2D eigenvalue weighted by Gasteiger charge is -2.04. The van der Waals surface area contributed by atoms with Crippen molar-refractivity contribution in [3.05, 3.63) is 114 Å². The molecule has 28 heavy (non-hydrogen) atoms. The number of hydrogen-bond donors (Lipinski definition) is 0. The predicted octanol–water partition coefficient (Wildman–Crippen LogP) is 5.96. The maximum atomic E-state index is 3.41. The molecule has 5 rings (SSSR count). The third-order valence-corrected chi connectivity index (χ3v) is 5.16. The molecule has 130 valence electrons. The van der Waals surface area contributed by atoms with Crippen molar-refractivity contribution < 1.29 is 0 Å². The van der Waals surface area contributed by atoms with E-state index in [1.807, 2.05) is 24.3 Å². The van der Waals surface area contributed by atoms with Gasteiger partial charge in [0.25, 0.3) is 0 Å². The summed E-state index contributed by atoms with van der Waals surface area (Å²) in [6.07, 6.45) is 16.6. The molecule has 0 spiro atoms. The van der Waals surface area contributed by atoms with E-state index in [2.05, 4.69) is 96.5 Å². The number of hydrogen-bond acceptors (Lipinski definition) is 0. The van der Waals surface area contributed by atoms with Crippen molar-refractivity contribution in [3.8, 4) is 34.8 Å². The zero-order valence-corrected chi connectivity index (χ0v) is 15.4. The lowest BCUT2D eigenvalue weighted by atomic mass is 9.97. The molecule has 0 unspecified atom stereocenters. The van der Waals surface area contributed by atoms with Gasteiger partial charge in [-0.15, -0.1) is 0 Å². The maximum Gasteiger partial charge on any atom is 0.0829 e. The molecule has 0 heterocycles. The van der Waals surface area contributed by atoms with Gasteiger partial charge >= 0.3 is 0 Å². The van der Waals surface area contributed by atoms with Crippen LogP contribution in [0, 0.1) is 35.5 Å². The Morgan fingerprint density at radius 2 is 0.929 bits per heavy atom. The highest BCUT2D eigenvalue weighted by Gasteiger charge is 2.24. The molecule has 0 bridgehead atoms. The fraction of sp³-hybridized carbons (Fsp3) is 0.0714. The van der Waals surface area contributed by atoms with Gasteiger partial charge in [-0.1, -0.05) is 121 Å². The molecule has 0 atom stereocenters. The van der Waals surface area contributed by atoms with Gasteiger partial charge in [0.1, 0.15) is 0 Å². The van der Waals surface area contributed by atoms with Crippen LogP contribution in [0.1, 0.15) is 11.1 Å². The minimum absolute atomic E-state index is 0.163. The average molecular weight is 354 g/mol. The highest BCUT2D eigenvalue weighted by molar-refractivity contribution is 6.04. The van der Waals surface area contributed by atoms with Crippen LogP contribution in [0.5, 0.6) is 0 Å². The molecule has 0 aliphatic heterocycles. The third kappa shape index (κ3) is 2.96. The molecular weight excluding hydrogens is 336 g/mol. The van der Waals surface area contributed by atoms with Gasteiger partial charge in [-0.2, -0.15) is 0 Å². The van der Waals surface area contributed by atoms with Crippen LogP contribution in [-0.2, 0) is 0 Å². The maximum absolute atomic E-state index is 3.41. The topological polar surface area (TPSA) is 0 Å². The second-order valence-electron chi connectivity index (χ2n) is 6.97. The minimum Gasteiger partial charge on any atom is -0.0854 e. The lowest BCUT2D eigenvalue weighted by molar-refractivity contribution is 1.14. The van der Waals surface area contributed by atoms with Crippen LogP contribution in [0.25, 0.3) is 16.7 Å². The molecule has 3 aliphatic rings. The van der Waals surface area contributed by atoms with Crippen molar-refractivity contribution in [1.82, 2.24) is 0 Å². The van der Waals surface area contributed by atoms with Gasteiger partial charge < -0.3 is 0 Å². The van der Waals surface area contributed by atoms with E-state index in [4.69, 9.17) is 0 Å². The number of benzene rings is 2. The summed E-state index contributed by atoms with van der Waals surface area (Å²) in [5.41, 5.74) is 7.02. The highest BCUT2D eigenvalue weighted by Crippen LogP contribution is 2.45. The van der Waals surface area contributed by atoms with Crippen LogP contribution in [0.2, 0.25) is 0 Å². The molecule has 2 aromatic rings. The Bertz CT molecular complexity index is 1100. The predicted molar refractivity (Wildman–Crippen MR) is 117 cm³/mol. The van der Waals surface area contributed by atoms with Gasteiger partial charge in [0.05, 0.1) is 17.4 Å². The van der Waals surface area contributed by atoms with Crippen LogP contribution in [0.4, 0.5) is 0 Å². The standard InChI is InChI=1S/C28H18/c1-2-10-21(9-1)17-19-23(20-18-22-11-3-4-12-22)28-26-15-7-5-13-24(26)25-14-6-8-16-27(25)28/h1-16,21-22H. The van der Waals surface area contributed by atoms with E-state index in [0.29, 0.717) is 0 Å². The summed E-state index contributed by atoms with van der Waals surface area (Å²) in [4.78, 5) is 0. The van der Waals surface area contributed by atoms with Crippen molar-refractivity contribution in [2.75, 3.05) is 0 Å². The van der Waals surface area contributed by atoms with Gasteiger partial charge in [0, 0.05) is 5.57 Å². The molecular formula is C28H18. The lowest BCUT2D eigenvalue weighted by Crippen LogP contribution is -1.91. The average Bonchev–Trinajstić information content (AvgIpc) is 3.49. The number of allylic oxidation sites excluding steroid dienone is 9. The van der Waals surface area contributed by atoms with Crippen LogP contribution in [0.15, 0.2) is 103 Å². The number of rotatable bonds is 0. The van der Waals surface area contributed by atoms with E-state index in [-0.39, 0.29) is 11.8 Å². The molecule has 0 saturated carbocycles. The van der Waals surface area contributed by atoms with Crippen molar-refractivity contribution >= 4 is 5.57 Å². The summed E-state index contributed by atoms with van der Waals surface area (Å²) in [5, 5.41) is 0. The van der Waals surface area contributed by atoms with Crippen LogP contribution < -0.4 is 0 Å². The molecule has 0 nitrogen and oxygen atoms in total. The second-order valence-corrected chi connectivity index (χ2v) is 6.97. The zero-order chi connectivity index (χ0) is 18.8. The first-order valence-corrected chi connectivity index (χ1v) is 9.57. The van der Waals surface area contributed by atoms with Crippen molar-refractivity contribution in [1.29, 1.82) is 0 Å². The van der Waals surface area contributed by atoms with Crippen LogP contribution in [0.3, 0.4) is 0 Å². The van der Waals surface area contributed by atoms with Crippen LogP contribution >= 0.6 is 0 Å². The Morgan fingerprint density at radius 1 is 0.536 bits per heavy atom. The van der Waals surface area contributed by atoms with E-state index in [1.165, 1.54) is 22.3 Å². The molecule has 3 aliphatic carbocycles. The summed E-state index contributed by atoms with van der Waals surface area (Å²) in [5.74, 6) is 13.9. The Balaban J connectivity index is 1.72. The van der Waals surface area contributed by atoms with Gasteiger partial charge in [-0.05, 0) is 22.3 Å². The van der Waals surface area contributed by atoms with E-state index < -0.39 is 0 Å². The van der Waals surface area contributed by atoms with Crippen molar-refractivity contribution in [2.24, 2.45) is 11.8 Å². The summed E-state index contributed by atoms with van der Waals surface area (Å²) < 4.78 is 0. The Morgan fingerprint density at radius 3 is 1.36 bits per heavy atom. The molecule has 0 aromatic heterocycles. The van der Waals surface area contributed by atoms with E-state index in [0.717, 1.165) is 11.1 Å². The normalized spacial score (nSPS) is 15.8. The molecule has 0 fully saturated rings. The van der Waals surface area contributed by atoms with Gasteiger partial charge in [-0.3, -0.25) is 0 Å². The summed E-state index contributed by atoms with van der Waals surface area (Å²) in [7, 11) is 0. The monoisotopic (exact) mass is 354 g/mol. The number of fused-ring (bicyclic) bond motifs is 3. The SMILES string of the molecule is C(#CC1C=CC=C1)C(C#CC1C=CC=C1)=C1c2ccccc2-c2ccccc21. The second kappa shape index (κ2) is 7.11. The van der Waals surface area contributed by atoms with Crippen molar-refractivity contribution in [2.45, 2.75) is 0 Å². The first-order valence-electron chi connectivity index (χ1n) is 9.57. The van der Waals surface area contributed by atoms with E-state index in [9.17, 15) is 0 Å². The summed E-state index contributed by atoms with van der Waals surface area (Å²) >= 11 is 0. The van der Waals surface area contributed by atoms with Crippen molar-refractivity contribution in [3.63, 3.8) is 0 Å². The molecule has 0 radical (unpaired) electrons. The smallest absolute Gasteiger partial charge is 0.0829 e. The minimum atomic E-state index is 0.163. The summed E-state index contributed by atoms with van der Waals surface area (Å²) in [6, 6.07) is 17.1. The first kappa shape index (κ1) is 16.4. The Kier molecular flexibility index (Phi) is 4.17. The van der Waals surface area contributed by atoms with E-state index in [1.54, 1.807) is 0 Å². The quantitative estimate of drug-likeness (QED) is 0.437. The fourth-order valence-electron chi connectivity index (χ4n) is 3.81. The first-order chi connectivity index (χ1) is 13.9.